The van der Waals surface area contributed by atoms with Gasteiger partial charge in [0, 0.05) is 12.6 Å². The Labute approximate surface area is 120 Å². The summed E-state index contributed by atoms with van der Waals surface area (Å²) in [6.07, 6.45) is 1.05. The highest BCUT2D eigenvalue weighted by atomic mass is 16.5. The first-order valence-electron chi connectivity index (χ1n) is 6.93. The number of ether oxygens (including phenoxy) is 1. The van der Waals surface area contributed by atoms with Crippen LogP contribution in [0.3, 0.4) is 0 Å². The summed E-state index contributed by atoms with van der Waals surface area (Å²) in [4.78, 5) is 8.66. The SMILES string of the molecule is CCCNc1cc(Oc2ccc(C)c(C)c2)nc(C)n1. The van der Waals surface area contributed by atoms with Gasteiger partial charge in [-0.1, -0.05) is 13.0 Å². The number of hydrogen-bond acceptors (Lipinski definition) is 4. The van der Waals surface area contributed by atoms with E-state index in [4.69, 9.17) is 4.74 Å². The summed E-state index contributed by atoms with van der Waals surface area (Å²) in [5.74, 6) is 2.87. The molecule has 0 spiro atoms. The minimum Gasteiger partial charge on any atom is -0.439 e. The molecule has 2 aromatic rings. The van der Waals surface area contributed by atoms with E-state index in [0.717, 1.165) is 24.5 Å². The van der Waals surface area contributed by atoms with Crippen molar-refractivity contribution in [2.45, 2.75) is 34.1 Å². The van der Waals surface area contributed by atoms with Crippen molar-refractivity contribution in [1.29, 1.82) is 0 Å². The number of hydrogen-bond donors (Lipinski definition) is 1. The number of nitrogens with zero attached hydrogens (tertiary/aromatic N) is 2. The normalized spacial score (nSPS) is 10.4. The van der Waals surface area contributed by atoms with Crippen molar-refractivity contribution in [2.24, 2.45) is 0 Å². The van der Waals surface area contributed by atoms with E-state index in [9.17, 15) is 0 Å². The lowest BCUT2D eigenvalue weighted by molar-refractivity contribution is 0.459. The van der Waals surface area contributed by atoms with Crippen LogP contribution in [0.4, 0.5) is 5.82 Å². The molecule has 0 unspecified atom stereocenters. The third-order valence-corrected chi connectivity index (χ3v) is 3.07. The first kappa shape index (κ1) is 14.3. The summed E-state index contributed by atoms with van der Waals surface area (Å²) in [6.45, 7) is 9.03. The Hall–Kier alpha value is -2.10. The van der Waals surface area contributed by atoms with Crippen LogP contribution in [0.25, 0.3) is 0 Å². The summed E-state index contributed by atoms with van der Waals surface area (Å²) in [5, 5.41) is 3.25. The van der Waals surface area contributed by atoms with E-state index < -0.39 is 0 Å². The summed E-state index contributed by atoms with van der Waals surface area (Å²) < 4.78 is 5.82. The number of aromatic nitrogens is 2. The van der Waals surface area contributed by atoms with Gasteiger partial charge in [-0.3, -0.25) is 0 Å². The molecule has 2 rings (SSSR count). The molecule has 0 amide bonds. The molecule has 0 aliphatic heterocycles. The average molecular weight is 271 g/mol. The molecular weight excluding hydrogens is 250 g/mol. The third kappa shape index (κ3) is 3.70. The molecule has 1 N–H and O–H groups in total. The van der Waals surface area contributed by atoms with E-state index in [1.807, 2.05) is 25.1 Å². The molecule has 0 aliphatic carbocycles. The molecule has 0 saturated heterocycles. The van der Waals surface area contributed by atoms with Gasteiger partial charge in [-0.15, -0.1) is 0 Å². The number of rotatable bonds is 5. The highest BCUT2D eigenvalue weighted by Gasteiger charge is 2.05. The molecule has 106 valence electrons. The molecule has 4 nitrogen and oxygen atoms in total. The van der Waals surface area contributed by atoms with Crippen LogP contribution in [0, 0.1) is 20.8 Å². The van der Waals surface area contributed by atoms with E-state index in [1.54, 1.807) is 0 Å². The zero-order valence-electron chi connectivity index (χ0n) is 12.5. The Morgan fingerprint density at radius 2 is 1.85 bits per heavy atom. The highest BCUT2D eigenvalue weighted by molar-refractivity contribution is 5.41. The lowest BCUT2D eigenvalue weighted by atomic mass is 10.1. The first-order chi connectivity index (χ1) is 9.58. The molecule has 1 aromatic carbocycles. The van der Waals surface area contributed by atoms with Crippen molar-refractivity contribution >= 4 is 5.82 Å². The molecule has 0 bridgehead atoms. The molecule has 1 heterocycles. The minimum atomic E-state index is 0.569. The van der Waals surface area contributed by atoms with Gasteiger partial charge < -0.3 is 10.1 Å². The van der Waals surface area contributed by atoms with Crippen molar-refractivity contribution in [3.05, 3.63) is 41.2 Å². The number of benzene rings is 1. The van der Waals surface area contributed by atoms with Gasteiger partial charge in [-0.25, -0.2) is 4.98 Å². The van der Waals surface area contributed by atoms with E-state index in [1.165, 1.54) is 11.1 Å². The van der Waals surface area contributed by atoms with Gasteiger partial charge in [0.25, 0.3) is 0 Å². The van der Waals surface area contributed by atoms with Gasteiger partial charge >= 0.3 is 0 Å². The van der Waals surface area contributed by atoms with Crippen molar-refractivity contribution < 1.29 is 4.74 Å². The zero-order valence-corrected chi connectivity index (χ0v) is 12.5. The van der Waals surface area contributed by atoms with Crippen LogP contribution in [0.5, 0.6) is 11.6 Å². The van der Waals surface area contributed by atoms with Crippen molar-refractivity contribution in [2.75, 3.05) is 11.9 Å². The van der Waals surface area contributed by atoms with Crippen LogP contribution in [0.2, 0.25) is 0 Å². The maximum atomic E-state index is 5.82. The first-order valence-corrected chi connectivity index (χ1v) is 6.93. The third-order valence-electron chi connectivity index (χ3n) is 3.07. The Kier molecular flexibility index (Phi) is 4.56. The Morgan fingerprint density at radius 1 is 1.05 bits per heavy atom. The second-order valence-electron chi connectivity index (χ2n) is 4.91. The fourth-order valence-corrected chi connectivity index (χ4v) is 1.83. The number of aryl methyl sites for hydroxylation is 3. The predicted molar refractivity (Wildman–Crippen MR) is 81.5 cm³/mol. The molecule has 0 radical (unpaired) electrons. The number of nitrogens with one attached hydrogen (secondary N) is 1. The quantitative estimate of drug-likeness (QED) is 0.892. The molecule has 20 heavy (non-hydrogen) atoms. The van der Waals surface area contributed by atoms with Gasteiger partial charge in [-0.05, 0) is 50.5 Å². The van der Waals surface area contributed by atoms with Crippen molar-refractivity contribution in [1.82, 2.24) is 9.97 Å². The fourth-order valence-electron chi connectivity index (χ4n) is 1.83. The van der Waals surface area contributed by atoms with Gasteiger partial charge in [-0.2, -0.15) is 4.98 Å². The largest absolute Gasteiger partial charge is 0.439 e. The van der Waals surface area contributed by atoms with Crippen molar-refractivity contribution in [3.8, 4) is 11.6 Å². The standard InChI is InChI=1S/C16H21N3O/c1-5-8-17-15-10-16(19-13(4)18-15)20-14-7-6-11(2)12(3)9-14/h6-7,9-10H,5,8H2,1-4H3,(H,17,18,19). The average Bonchev–Trinajstić information content (AvgIpc) is 2.40. The second-order valence-corrected chi connectivity index (χ2v) is 4.91. The summed E-state index contributed by atoms with van der Waals surface area (Å²) >= 11 is 0. The topological polar surface area (TPSA) is 47.0 Å². The summed E-state index contributed by atoms with van der Waals surface area (Å²) in [6, 6.07) is 7.86. The predicted octanol–water partition coefficient (Wildman–Crippen LogP) is 4.02. The van der Waals surface area contributed by atoms with E-state index in [2.05, 4.69) is 42.1 Å². The van der Waals surface area contributed by atoms with Crippen LogP contribution in [0.1, 0.15) is 30.3 Å². The Bertz CT molecular complexity index is 596. The maximum Gasteiger partial charge on any atom is 0.224 e. The Balaban J connectivity index is 2.19. The van der Waals surface area contributed by atoms with Gasteiger partial charge in [0.15, 0.2) is 0 Å². The van der Waals surface area contributed by atoms with Crippen molar-refractivity contribution in [3.63, 3.8) is 0 Å². The monoisotopic (exact) mass is 271 g/mol. The molecule has 1 aromatic heterocycles. The van der Waals surface area contributed by atoms with Crippen LogP contribution in [-0.2, 0) is 0 Å². The Morgan fingerprint density at radius 3 is 2.55 bits per heavy atom. The second kappa shape index (κ2) is 6.37. The smallest absolute Gasteiger partial charge is 0.224 e. The van der Waals surface area contributed by atoms with Gasteiger partial charge in [0.05, 0.1) is 0 Å². The maximum absolute atomic E-state index is 5.82. The van der Waals surface area contributed by atoms with Gasteiger partial charge in [0.2, 0.25) is 5.88 Å². The zero-order chi connectivity index (χ0) is 14.5. The number of anilines is 1. The molecule has 0 fully saturated rings. The lowest BCUT2D eigenvalue weighted by Gasteiger charge is -2.10. The fraction of sp³-hybridized carbons (Fsp3) is 0.375. The highest BCUT2D eigenvalue weighted by Crippen LogP contribution is 2.23. The van der Waals surface area contributed by atoms with Crippen LogP contribution >= 0.6 is 0 Å². The van der Waals surface area contributed by atoms with Gasteiger partial charge in [0.1, 0.15) is 17.4 Å². The molecular formula is C16H21N3O. The lowest BCUT2D eigenvalue weighted by Crippen LogP contribution is -2.04. The van der Waals surface area contributed by atoms with E-state index in [0.29, 0.717) is 11.7 Å². The van der Waals surface area contributed by atoms with E-state index >= 15 is 0 Å². The van der Waals surface area contributed by atoms with Crippen LogP contribution in [0.15, 0.2) is 24.3 Å². The van der Waals surface area contributed by atoms with Crippen LogP contribution in [-0.4, -0.2) is 16.5 Å². The molecule has 4 heteroatoms. The molecule has 0 saturated carbocycles. The van der Waals surface area contributed by atoms with Crippen LogP contribution < -0.4 is 10.1 Å². The molecule has 0 atom stereocenters. The minimum absolute atomic E-state index is 0.569. The summed E-state index contributed by atoms with van der Waals surface area (Å²) in [7, 11) is 0. The molecule has 0 aliphatic rings. The van der Waals surface area contributed by atoms with E-state index in [-0.39, 0.29) is 0 Å². The summed E-state index contributed by atoms with van der Waals surface area (Å²) in [5.41, 5.74) is 2.46.